The zero-order chi connectivity index (χ0) is 12.4. The number of benzene rings is 1. The summed E-state index contributed by atoms with van der Waals surface area (Å²) in [5.74, 6) is 0.202. The zero-order valence-corrected chi connectivity index (χ0v) is 10.8. The highest BCUT2D eigenvalue weighted by Gasteiger charge is 2.09. The van der Waals surface area contributed by atoms with Crippen LogP contribution in [0, 0.1) is 12.7 Å². The number of nitrogens with zero attached hydrogens (tertiary/aromatic N) is 2. The number of aryl methyl sites for hydroxylation is 1. The van der Waals surface area contributed by atoms with Crippen molar-refractivity contribution in [1.29, 1.82) is 0 Å². The lowest BCUT2D eigenvalue weighted by Gasteiger charge is -2.06. The second-order valence-corrected chi connectivity index (χ2v) is 4.55. The summed E-state index contributed by atoms with van der Waals surface area (Å²) in [7, 11) is 0. The smallest absolute Gasteiger partial charge is 0.142 e. The molecule has 2 rings (SSSR count). The lowest BCUT2D eigenvalue weighted by molar-refractivity contribution is 0.630. The molecule has 0 atom stereocenters. The van der Waals surface area contributed by atoms with Crippen LogP contribution in [0.2, 0.25) is 0 Å². The van der Waals surface area contributed by atoms with E-state index in [1.165, 1.54) is 6.07 Å². The van der Waals surface area contributed by atoms with Crippen LogP contribution in [-0.2, 0) is 6.54 Å². The highest BCUT2D eigenvalue weighted by Crippen LogP contribution is 2.25. The van der Waals surface area contributed by atoms with E-state index in [2.05, 4.69) is 25.9 Å². The predicted octanol–water partition coefficient (Wildman–Crippen LogP) is 2.81. The third-order valence-corrected chi connectivity index (χ3v) is 2.78. The summed E-state index contributed by atoms with van der Waals surface area (Å²) in [6.07, 6.45) is 0. The van der Waals surface area contributed by atoms with E-state index in [0.717, 1.165) is 10.2 Å². The van der Waals surface area contributed by atoms with Crippen LogP contribution in [-0.4, -0.2) is 9.97 Å². The van der Waals surface area contributed by atoms with Gasteiger partial charge in [0.25, 0.3) is 0 Å². The largest absolute Gasteiger partial charge is 0.324 e. The first-order valence-corrected chi connectivity index (χ1v) is 5.89. The van der Waals surface area contributed by atoms with Crippen molar-refractivity contribution < 1.29 is 4.39 Å². The fourth-order valence-electron chi connectivity index (χ4n) is 1.55. The molecule has 3 nitrogen and oxygen atoms in total. The van der Waals surface area contributed by atoms with Crippen molar-refractivity contribution >= 4 is 15.9 Å². The predicted molar refractivity (Wildman–Crippen MR) is 67.8 cm³/mol. The van der Waals surface area contributed by atoms with E-state index >= 15 is 0 Å². The van der Waals surface area contributed by atoms with Crippen molar-refractivity contribution in [3.8, 4) is 11.3 Å². The second kappa shape index (κ2) is 4.89. The minimum absolute atomic E-state index is 0.240. The monoisotopic (exact) mass is 295 g/mol. The van der Waals surface area contributed by atoms with Gasteiger partial charge in [-0.05, 0) is 31.2 Å². The van der Waals surface area contributed by atoms with Crippen molar-refractivity contribution in [3.05, 3.63) is 46.1 Å². The first kappa shape index (κ1) is 12.1. The molecule has 0 unspecified atom stereocenters. The van der Waals surface area contributed by atoms with Crippen molar-refractivity contribution in [1.82, 2.24) is 9.97 Å². The Hall–Kier alpha value is -1.33. The molecule has 0 aliphatic carbocycles. The Bertz CT molecular complexity index is 557. The summed E-state index contributed by atoms with van der Waals surface area (Å²) in [5.41, 5.74) is 7.28. The number of rotatable bonds is 2. The van der Waals surface area contributed by atoms with Gasteiger partial charge in [-0.2, -0.15) is 0 Å². The Labute approximate surface area is 107 Å². The molecule has 0 saturated heterocycles. The van der Waals surface area contributed by atoms with E-state index in [0.29, 0.717) is 17.1 Å². The van der Waals surface area contributed by atoms with Gasteiger partial charge in [-0.1, -0.05) is 15.9 Å². The molecule has 0 aliphatic heterocycles. The van der Waals surface area contributed by atoms with E-state index in [1.807, 2.05) is 6.92 Å². The fourth-order valence-corrected chi connectivity index (χ4v) is 1.91. The number of hydrogen-bond acceptors (Lipinski definition) is 3. The van der Waals surface area contributed by atoms with E-state index < -0.39 is 0 Å². The van der Waals surface area contributed by atoms with Crippen LogP contribution in [0.4, 0.5) is 4.39 Å². The van der Waals surface area contributed by atoms with Gasteiger partial charge in [-0.3, -0.25) is 0 Å². The molecule has 17 heavy (non-hydrogen) atoms. The average molecular weight is 296 g/mol. The van der Waals surface area contributed by atoms with E-state index in [-0.39, 0.29) is 12.4 Å². The molecule has 0 bridgehead atoms. The van der Waals surface area contributed by atoms with Gasteiger partial charge < -0.3 is 5.73 Å². The van der Waals surface area contributed by atoms with Crippen LogP contribution in [0.25, 0.3) is 11.3 Å². The number of nitrogens with two attached hydrogens (primary N) is 1. The summed E-state index contributed by atoms with van der Waals surface area (Å²) in [6, 6.07) is 6.48. The minimum atomic E-state index is -0.311. The molecule has 0 amide bonds. The van der Waals surface area contributed by atoms with E-state index in [1.54, 1.807) is 18.2 Å². The van der Waals surface area contributed by atoms with Crippen molar-refractivity contribution in [2.45, 2.75) is 13.5 Å². The molecule has 2 aromatic rings. The van der Waals surface area contributed by atoms with Crippen LogP contribution in [0.3, 0.4) is 0 Å². The maximum Gasteiger partial charge on any atom is 0.142 e. The van der Waals surface area contributed by atoms with Crippen molar-refractivity contribution in [2.24, 2.45) is 5.73 Å². The molecule has 0 radical (unpaired) electrons. The Morgan fingerprint density at radius 2 is 2.06 bits per heavy atom. The molecule has 0 saturated carbocycles. The topological polar surface area (TPSA) is 51.8 Å². The third-order valence-electron chi connectivity index (χ3n) is 2.29. The van der Waals surface area contributed by atoms with Crippen LogP contribution < -0.4 is 5.73 Å². The zero-order valence-electron chi connectivity index (χ0n) is 9.24. The maximum absolute atomic E-state index is 13.7. The van der Waals surface area contributed by atoms with Crippen LogP contribution in [0.5, 0.6) is 0 Å². The Morgan fingerprint density at radius 1 is 1.29 bits per heavy atom. The molecule has 0 fully saturated rings. The molecular formula is C12H11BrFN3. The number of hydrogen-bond donors (Lipinski definition) is 1. The number of halogens is 2. The Balaban J connectivity index is 2.59. The van der Waals surface area contributed by atoms with E-state index in [4.69, 9.17) is 5.73 Å². The normalized spacial score (nSPS) is 10.6. The molecule has 1 aromatic heterocycles. The SMILES string of the molecule is Cc1cc(-c2cc(Br)ccc2F)nc(CN)n1. The highest BCUT2D eigenvalue weighted by atomic mass is 79.9. The third kappa shape index (κ3) is 2.68. The van der Waals surface area contributed by atoms with Crippen molar-refractivity contribution in [3.63, 3.8) is 0 Å². The lowest BCUT2D eigenvalue weighted by atomic mass is 10.1. The van der Waals surface area contributed by atoms with Gasteiger partial charge in [-0.25, -0.2) is 14.4 Å². The lowest BCUT2D eigenvalue weighted by Crippen LogP contribution is -2.05. The van der Waals surface area contributed by atoms with E-state index in [9.17, 15) is 4.39 Å². The van der Waals surface area contributed by atoms with Gasteiger partial charge in [0.2, 0.25) is 0 Å². The van der Waals surface area contributed by atoms with Gasteiger partial charge in [0.05, 0.1) is 12.2 Å². The maximum atomic E-state index is 13.7. The molecule has 88 valence electrons. The van der Waals surface area contributed by atoms with Gasteiger partial charge in [-0.15, -0.1) is 0 Å². The average Bonchev–Trinajstić information content (AvgIpc) is 2.31. The molecular weight excluding hydrogens is 285 g/mol. The fraction of sp³-hybridized carbons (Fsp3) is 0.167. The quantitative estimate of drug-likeness (QED) is 0.927. The van der Waals surface area contributed by atoms with Crippen LogP contribution in [0.15, 0.2) is 28.7 Å². The second-order valence-electron chi connectivity index (χ2n) is 3.64. The molecule has 0 aliphatic rings. The Kier molecular flexibility index (Phi) is 3.49. The molecule has 1 heterocycles. The standard InChI is InChI=1S/C12H11BrFN3/c1-7-4-11(17-12(6-15)16-7)9-5-8(13)2-3-10(9)14/h2-5H,6,15H2,1H3. The van der Waals surface area contributed by atoms with Gasteiger partial charge in [0.1, 0.15) is 11.6 Å². The summed E-state index contributed by atoms with van der Waals surface area (Å²) in [6.45, 7) is 2.07. The molecule has 0 spiro atoms. The van der Waals surface area contributed by atoms with Gasteiger partial charge >= 0.3 is 0 Å². The van der Waals surface area contributed by atoms with Gasteiger partial charge in [0.15, 0.2) is 0 Å². The number of aromatic nitrogens is 2. The highest BCUT2D eigenvalue weighted by molar-refractivity contribution is 9.10. The summed E-state index contributed by atoms with van der Waals surface area (Å²) in [4.78, 5) is 8.39. The minimum Gasteiger partial charge on any atom is -0.324 e. The first-order chi connectivity index (χ1) is 8.10. The molecule has 2 N–H and O–H groups in total. The Morgan fingerprint density at radius 3 is 2.76 bits per heavy atom. The summed E-state index contributed by atoms with van der Waals surface area (Å²) in [5, 5.41) is 0. The molecule has 5 heteroatoms. The van der Waals surface area contributed by atoms with Gasteiger partial charge in [0, 0.05) is 15.7 Å². The summed E-state index contributed by atoms with van der Waals surface area (Å²) >= 11 is 3.31. The molecule has 1 aromatic carbocycles. The van der Waals surface area contributed by atoms with Crippen LogP contribution >= 0.6 is 15.9 Å². The van der Waals surface area contributed by atoms with Crippen molar-refractivity contribution in [2.75, 3.05) is 0 Å². The van der Waals surface area contributed by atoms with Crippen LogP contribution in [0.1, 0.15) is 11.5 Å². The summed E-state index contributed by atoms with van der Waals surface area (Å²) < 4.78 is 14.5. The first-order valence-electron chi connectivity index (χ1n) is 5.10.